The molecule has 1 aliphatic rings. The summed E-state index contributed by atoms with van der Waals surface area (Å²) in [6.45, 7) is 0. The SMILES string of the molecule is CN(C1CCCCC1)S(=O)(=O)c1cccc(C(=O)Nc2cccc(C#N)c2)c1. The number of sulfonamides is 1. The van der Waals surface area contributed by atoms with Crippen LogP contribution in [0.5, 0.6) is 0 Å². The highest BCUT2D eigenvalue weighted by Gasteiger charge is 2.29. The van der Waals surface area contributed by atoms with Crippen molar-refractivity contribution in [3.05, 3.63) is 59.7 Å². The molecule has 0 saturated heterocycles. The van der Waals surface area contributed by atoms with Gasteiger partial charge in [0.1, 0.15) is 0 Å². The number of carbonyl (C=O) groups is 1. The average Bonchev–Trinajstić information content (AvgIpc) is 2.74. The molecule has 0 atom stereocenters. The first-order valence-corrected chi connectivity index (χ1v) is 10.8. The standard InChI is InChI=1S/C21H23N3O3S/c1-24(19-10-3-2-4-11-19)28(26,27)20-12-6-8-17(14-20)21(25)23-18-9-5-7-16(13-18)15-22/h5-9,12-14,19H,2-4,10-11H2,1H3,(H,23,25). The van der Waals surface area contributed by atoms with E-state index in [-0.39, 0.29) is 16.5 Å². The van der Waals surface area contributed by atoms with Crippen LogP contribution in [0.25, 0.3) is 0 Å². The number of carbonyl (C=O) groups excluding carboxylic acids is 1. The van der Waals surface area contributed by atoms with E-state index in [0.29, 0.717) is 11.3 Å². The van der Waals surface area contributed by atoms with Crippen LogP contribution in [0.15, 0.2) is 53.4 Å². The van der Waals surface area contributed by atoms with Crippen LogP contribution in [0.4, 0.5) is 5.69 Å². The number of nitriles is 1. The third kappa shape index (κ3) is 4.41. The molecule has 1 amide bonds. The first kappa shape index (κ1) is 20.1. The molecular weight excluding hydrogens is 374 g/mol. The van der Waals surface area contributed by atoms with Crippen LogP contribution in [0.3, 0.4) is 0 Å². The maximum atomic E-state index is 13.0. The molecule has 7 heteroatoms. The Hall–Kier alpha value is -2.69. The van der Waals surface area contributed by atoms with Gasteiger partial charge in [0, 0.05) is 24.3 Å². The minimum atomic E-state index is -3.67. The fraction of sp³-hybridized carbons (Fsp3) is 0.333. The molecule has 0 aromatic heterocycles. The summed E-state index contributed by atoms with van der Waals surface area (Å²) in [7, 11) is -2.05. The molecule has 146 valence electrons. The third-order valence-electron chi connectivity index (χ3n) is 5.11. The Bertz CT molecular complexity index is 1010. The number of amides is 1. The van der Waals surface area contributed by atoms with E-state index in [4.69, 9.17) is 5.26 Å². The van der Waals surface area contributed by atoms with E-state index in [1.165, 1.54) is 16.4 Å². The number of rotatable bonds is 5. The van der Waals surface area contributed by atoms with E-state index in [9.17, 15) is 13.2 Å². The predicted molar refractivity (Wildman–Crippen MR) is 107 cm³/mol. The van der Waals surface area contributed by atoms with Gasteiger partial charge >= 0.3 is 0 Å². The summed E-state index contributed by atoms with van der Waals surface area (Å²) in [6, 6.07) is 14.6. The van der Waals surface area contributed by atoms with Gasteiger partial charge in [-0.3, -0.25) is 4.79 Å². The Morgan fingerprint density at radius 2 is 1.82 bits per heavy atom. The second-order valence-corrected chi connectivity index (χ2v) is 8.99. The van der Waals surface area contributed by atoms with Crippen molar-refractivity contribution in [2.24, 2.45) is 0 Å². The summed E-state index contributed by atoms with van der Waals surface area (Å²) in [5.41, 5.74) is 1.17. The van der Waals surface area contributed by atoms with Crippen LogP contribution in [0.1, 0.15) is 48.0 Å². The van der Waals surface area contributed by atoms with Crippen LogP contribution in [-0.4, -0.2) is 31.7 Å². The second-order valence-electron chi connectivity index (χ2n) is 6.99. The van der Waals surface area contributed by atoms with Crippen LogP contribution in [0.2, 0.25) is 0 Å². The number of anilines is 1. The first-order valence-electron chi connectivity index (χ1n) is 9.31. The number of benzene rings is 2. The summed E-state index contributed by atoms with van der Waals surface area (Å²) in [5.74, 6) is -0.424. The van der Waals surface area contributed by atoms with Gasteiger partial charge in [0.2, 0.25) is 10.0 Å². The van der Waals surface area contributed by atoms with E-state index >= 15 is 0 Å². The van der Waals surface area contributed by atoms with Gasteiger partial charge in [-0.2, -0.15) is 9.57 Å². The molecule has 1 saturated carbocycles. The highest BCUT2D eigenvalue weighted by molar-refractivity contribution is 7.89. The Morgan fingerprint density at radius 1 is 1.11 bits per heavy atom. The summed E-state index contributed by atoms with van der Waals surface area (Å²) in [4.78, 5) is 12.7. The van der Waals surface area contributed by atoms with E-state index < -0.39 is 15.9 Å². The van der Waals surface area contributed by atoms with Gasteiger partial charge in [-0.1, -0.05) is 31.4 Å². The molecule has 0 spiro atoms. The van der Waals surface area contributed by atoms with Gasteiger partial charge in [-0.15, -0.1) is 0 Å². The van der Waals surface area contributed by atoms with Crippen molar-refractivity contribution in [3.8, 4) is 6.07 Å². The lowest BCUT2D eigenvalue weighted by molar-refractivity contribution is 0.102. The van der Waals surface area contributed by atoms with Gasteiger partial charge in [-0.25, -0.2) is 8.42 Å². The summed E-state index contributed by atoms with van der Waals surface area (Å²) in [6.07, 6.45) is 4.95. The van der Waals surface area contributed by atoms with Crippen molar-refractivity contribution < 1.29 is 13.2 Å². The molecule has 2 aromatic carbocycles. The molecule has 28 heavy (non-hydrogen) atoms. The van der Waals surface area contributed by atoms with Gasteiger partial charge < -0.3 is 5.32 Å². The molecule has 0 radical (unpaired) electrons. The molecule has 0 unspecified atom stereocenters. The molecule has 0 aliphatic heterocycles. The number of hydrogen-bond donors (Lipinski definition) is 1. The fourth-order valence-corrected chi connectivity index (χ4v) is 4.94. The van der Waals surface area contributed by atoms with Gasteiger partial charge in [0.05, 0.1) is 16.5 Å². The van der Waals surface area contributed by atoms with Crippen molar-refractivity contribution in [2.75, 3.05) is 12.4 Å². The topological polar surface area (TPSA) is 90.3 Å². The smallest absolute Gasteiger partial charge is 0.255 e. The molecular formula is C21H23N3O3S. The number of nitrogens with zero attached hydrogens (tertiary/aromatic N) is 2. The maximum Gasteiger partial charge on any atom is 0.255 e. The third-order valence-corrected chi connectivity index (χ3v) is 7.02. The van der Waals surface area contributed by atoms with Crippen molar-refractivity contribution in [1.82, 2.24) is 4.31 Å². The van der Waals surface area contributed by atoms with Crippen LogP contribution >= 0.6 is 0 Å². The highest BCUT2D eigenvalue weighted by Crippen LogP contribution is 2.27. The Balaban J connectivity index is 1.80. The minimum absolute atomic E-state index is 0.00459. The summed E-state index contributed by atoms with van der Waals surface area (Å²) < 4.78 is 27.5. The lowest BCUT2D eigenvalue weighted by Gasteiger charge is -2.30. The molecule has 3 rings (SSSR count). The Labute approximate surface area is 165 Å². The van der Waals surface area contributed by atoms with Crippen LogP contribution in [-0.2, 0) is 10.0 Å². The first-order chi connectivity index (χ1) is 13.4. The molecule has 1 fully saturated rings. The molecule has 0 heterocycles. The molecule has 6 nitrogen and oxygen atoms in total. The normalized spacial score (nSPS) is 15.2. The largest absolute Gasteiger partial charge is 0.322 e. The van der Waals surface area contributed by atoms with Crippen molar-refractivity contribution in [3.63, 3.8) is 0 Å². The predicted octanol–water partition coefficient (Wildman–Crippen LogP) is 3.76. The van der Waals surface area contributed by atoms with Gasteiger partial charge in [0.25, 0.3) is 5.91 Å². The zero-order chi connectivity index (χ0) is 20.1. The van der Waals surface area contributed by atoms with Crippen molar-refractivity contribution in [1.29, 1.82) is 5.26 Å². The quantitative estimate of drug-likeness (QED) is 0.832. The van der Waals surface area contributed by atoms with Crippen molar-refractivity contribution >= 4 is 21.6 Å². The molecule has 1 aliphatic carbocycles. The zero-order valence-electron chi connectivity index (χ0n) is 15.8. The van der Waals surface area contributed by atoms with Crippen LogP contribution < -0.4 is 5.32 Å². The Morgan fingerprint density at radius 3 is 2.54 bits per heavy atom. The maximum absolute atomic E-state index is 13.0. The highest BCUT2D eigenvalue weighted by atomic mass is 32.2. The van der Waals surface area contributed by atoms with E-state index in [0.717, 1.165) is 32.1 Å². The summed E-state index contributed by atoms with van der Waals surface area (Å²) >= 11 is 0. The lowest BCUT2D eigenvalue weighted by Crippen LogP contribution is -2.38. The van der Waals surface area contributed by atoms with Crippen LogP contribution in [0, 0.1) is 11.3 Å². The monoisotopic (exact) mass is 397 g/mol. The molecule has 0 bridgehead atoms. The summed E-state index contributed by atoms with van der Waals surface area (Å²) in [5, 5.41) is 11.7. The van der Waals surface area contributed by atoms with Gasteiger partial charge in [0.15, 0.2) is 0 Å². The Kier molecular flexibility index (Phi) is 6.12. The van der Waals surface area contributed by atoms with E-state index in [1.807, 2.05) is 6.07 Å². The van der Waals surface area contributed by atoms with Gasteiger partial charge in [-0.05, 0) is 49.2 Å². The number of hydrogen-bond acceptors (Lipinski definition) is 4. The fourth-order valence-electron chi connectivity index (χ4n) is 3.47. The number of nitrogens with one attached hydrogen (secondary N) is 1. The lowest BCUT2D eigenvalue weighted by atomic mass is 9.96. The molecule has 1 N–H and O–H groups in total. The minimum Gasteiger partial charge on any atom is -0.322 e. The van der Waals surface area contributed by atoms with E-state index in [2.05, 4.69) is 5.32 Å². The van der Waals surface area contributed by atoms with E-state index in [1.54, 1.807) is 43.4 Å². The van der Waals surface area contributed by atoms with Crippen molar-refractivity contribution in [2.45, 2.75) is 43.0 Å². The zero-order valence-corrected chi connectivity index (χ0v) is 16.6. The molecule has 2 aromatic rings. The second kappa shape index (κ2) is 8.55. The average molecular weight is 398 g/mol.